The Morgan fingerprint density at radius 2 is 1.88 bits per heavy atom. The first-order valence-corrected chi connectivity index (χ1v) is 12.4. The van der Waals surface area contributed by atoms with E-state index in [1.54, 1.807) is 30.3 Å². The number of imide groups is 1. The van der Waals surface area contributed by atoms with Gasteiger partial charge in [0.1, 0.15) is 6.54 Å². The van der Waals surface area contributed by atoms with E-state index in [0.717, 1.165) is 28.6 Å². The number of carbonyl (C=O) groups is 3. The summed E-state index contributed by atoms with van der Waals surface area (Å²) in [5, 5.41) is 2.28. The molecule has 0 aliphatic carbocycles. The molecule has 6 nitrogen and oxygen atoms in total. The van der Waals surface area contributed by atoms with Gasteiger partial charge >= 0.3 is 0 Å². The van der Waals surface area contributed by atoms with Crippen LogP contribution in [0.15, 0.2) is 53.4 Å². The highest BCUT2D eigenvalue weighted by Gasteiger charge is 2.38. The van der Waals surface area contributed by atoms with Crippen LogP contribution in [-0.4, -0.2) is 40.1 Å². The minimum atomic E-state index is -0.436. The van der Waals surface area contributed by atoms with Crippen LogP contribution >= 0.6 is 11.8 Å². The van der Waals surface area contributed by atoms with Gasteiger partial charge in [0.2, 0.25) is 5.91 Å². The Bertz CT molecular complexity index is 1160. The number of nitrogens with one attached hydrogen (secondary N) is 1. The molecule has 2 heterocycles. The monoisotopic (exact) mass is 477 g/mol. The Balaban J connectivity index is 1.53. The van der Waals surface area contributed by atoms with Crippen molar-refractivity contribution in [2.24, 2.45) is 0 Å². The van der Waals surface area contributed by atoms with Gasteiger partial charge in [-0.2, -0.15) is 0 Å². The summed E-state index contributed by atoms with van der Waals surface area (Å²) in [5.41, 5.74) is 4.04. The fourth-order valence-electron chi connectivity index (χ4n) is 5.19. The second-order valence-corrected chi connectivity index (χ2v) is 10.9. The van der Waals surface area contributed by atoms with E-state index in [4.69, 9.17) is 0 Å². The lowest BCUT2D eigenvalue weighted by atomic mass is 9.79. The van der Waals surface area contributed by atoms with E-state index in [9.17, 15) is 14.4 Å². The van der Waals surface area contributed by atoms with Gasteiger partial charge in [0, 0.05) is 23.0 Å². The van der Waals surface area contributed by atoms with E-state index in [-0.39, 0.29) is 12.1 Å². The molecule has 4 rings (SSSR count). The molecule has 178 valence electrons. The molecule has 2 aliphatic heterocycles. The van der Waals surface area contributed by atoms with Gasteiger partial charge in [-0.3, -0.25) is 19.3 Å². The summed E-state index contributed by atoms with van der Waals surface area (Å²) >= 11 is 0.876. The van der Waals surface area contributed by atoms with Crippen LogP contribution in [0.2, 0.25) is 0 Å². The molecule has 0 spiro atoms. The number of thioether (sulfide) groups is 1. The molecule has 1 atom stereocenters. The summed E-state index contributed by atoms with van der Waals surface area (Å²) in [5.74, 6) is -0.465. The summed E-state index contributed by atoms with van der Waals surface area (Å²) in [7, 11) is 0. The van der Waals surface area contributed by atoms with Crippen LogP contribution in [-0.2, 0) is 9.59 Å². The molecule has 2 aromatic carbocycles. The second kappa shape index (κ2) is 9.29. The van der Waals surface area contributed by atoms with Crippen LogP contribution in [0.25, 0.3) is 6.08 Å². The Labute approximate surface area is 205 Å². The number of hydrogen-bond acceptors (Lipinski definition) is 5. The van der Waals surface area contributed by atoms with Gasteiger partial charge in [-0.05, 0) is 93.3 Å². The van der Waals surface area contributed by atoms with Crippen LogP contribution in [0.5, 0.6) is 0 Å². The zero-order valence-electron chi connectivity index (χ0n) is 20.3. The maximum atomic E-state index is 12.9. The van der Waals surface area contributed by atoms with Gasteiger partial charge in [-0.25, -0.2) is 0 Å². The molecule has 2 aliphatic rings. The minimum absolute atomic E-state index is 0.0606. The Kier molecular flexibility index (Phi) is 6.58. The number of benzene rings is 2. The molecule has 1 fully saturated rings. The van der Waals surface area contributed by atoms with E-state index in [2.05, 4.69) is 57.0 Å². The quantitative estimate of drug-likeness (QED) is 0.546. The lowest BCUT2D eigenvalue weighted by molar-refractivity contribution is -0.127. The lowest BCUT2D eigenvalue weighted by Gasteiger charge is -2.50. The minimum Gasteiger partial charge on any atom is -0.364 e. The van der Waals surface area contributed by atoms with Gasteiger partial charge in [0.05, 0.1) is 4.91 Å². The average Bonchev–Trinajstić information content (AvgIpc) is 3.01. The van der Waals surface area contributed by atoms with Gasteiger partial charge in [-0.15, -0.1) is 0 Å². The molecule has 2 aromatic rings. The first-order chi connectivity index (χ1) is 16.1. The first kappa shape index (κ1) is 24.1. The number of anilines is 2. The average molecular weight is 478 g/mol. The van der Waals surface area contributed by atoms with Gasteiger partial charge in [0.15, 0.2) is 0 Å². The van der Waals surface area contributed by atoms with Crippen molar-refractivity contribution in [2.45, 2.75) is 58.5 Å². The van der Waals surface area contributed by atoms with E-state index in [1.807, 2.05) is 12.1 Å². The number of nitrogens with zero attached hydrogens (tertiary/aromatic N) is 2. The molecule has 3 amide bonds. The first-order valence-electron chi connectivity index (χ1n) is 11.6. The second-order valence-electron chi connectivity index (χ2n) is 9.88. The fraction of sp³-hybridized carbons (Fsp3) is 0.370. The standard InChI is InChI=1S/C27H31N3O3S/c1-17(2)30-22-12-11-19(13-21(22)18(3)15-27(30,4)5)14-23-25(32)29(26(33)34-23)16-24(31)28-20-9-7-6-8-10-20/h6-14,17-18H,15-16H2,1-5H3,(H,28,31)/b23-14-/t18-/m0/s1. The number of rotatable bonds is 5. The Hall–Kier alpha value is -3.06. The number of amides is 3. The van der Waals surface area contributed by atoms with Crippen LogP contribution in [0, 0.1) is 0 Å². The van der Waals surface area contributed by atoms with Crippen molar-refractivity contribution in [2.75, 3.05) is 16.8 Å². The van der Waals surface area contributed by atoms with E-state index in [1.165, 1.54) is 11.3 Å². The number of hydrogen-bond donors (Lipinski definition) is 1. The number of fused-ring (bicyclic) bond motifs is 1. The van der Waals surface area contributed by atoms with Crippen LogP contribution in [0.1, 0.15) is 58.1 Å². The molecule has 0 aromatic heterocycles. The molecule has 0 bridgehead atoms. The third-order valence-corrected chi connectivity index (χ3v) is 7.25. The topological polar surface area (TPSA) is 69.7 Å². The maximum Gasteiger partial charge on any atom is 0.294 e. The summed E-state index contributed by atoms with van der Waals surface area (Å²) in [6.07, 6.45) is 2.79. The normalized spacial score (nSPS) is 20.8. The molecular weight excluding hydrogens is 446 g/mol. The van der Waals surface area contributed by atoms with Crippen molar-refractivity contribution in [1.29, 1.82) is 0 Å². The third-order valence-electron chi connectivity index (χ3n) is 6.35. The van der Waals surface area contributed by atoms with Crippen molar-refractivity contribution in [3.63, 3.8) is 0 Å². The predicted molar refractivity (Wildman–Crippen MR) is 139 cm³/mol. The Morgan fingerprint density at radius 3 is 2.56 bits per heavy atom. The van der Waals surface area contributed by atoms with Gasteiger partial charge in [-0.1, -0.05) is 31.2 Å². The van der Waals surface area contributed by atoms with E-state index >= 15 is 0 Å². The van der Waals surface area contributed by atoms with E-state index in [0.29, 0.717) is 22.6 Å². The molecule has 1 N–H and O–H groups in total. The van der Waals surface area contributed by atoms with E-state index < -0.39 is 17.1 Å². The number of para-hydroxylation sites is 1. The summed E-state index contributed by atoms with van der Waals surface area (Å²) in [4.78, 5) is 41.6. The Morgan fingerprint density at radius 1 is 1.18 bits per heavy atom. The molecule has 7 heteroatoms. The largest absolute Gasteiger partial charge is 0.364 e. The third kappa shape index (κ3) is 4.75. The van der Waals surface area contributed by atoms with Crippen molar-refractivity contribution >= 4 is 46.3 Å². The molecule has 1 saturated heterocycles. The predicted octanol–water partition coefficient (Wildman–Crippen LogP) is 5.86. The summed E-state index contributed by atoms with van der Waals surface area (Å²) < 4.78 is 0. The van der Waals surface area contributed by atoms with Gasteiger partial charge < -0.3 is 10.2 Å². The van der Waals surface area contributed by atoms with Crippen molar-refractivity contribution < 1.29 is 14.4 Å². The lowest BCUT2D eigenvalue weighted by Crippen LogP contribution is -2.51. The van der Waals surface area contributed by atoms with Crippen LogP contribution in [0.4, 0.5) is 16.2 Å². The highest BCUT2D eigenvalue weighted by molar-refractivity contribution is 8.18. The zero-order valence-corrected chi connectivity index (χ0v) is 21.1. The zero-order chi connectivity index (χ0) is 24.6. The summed E-state index contributed by atoms with van der Waals surface area (Å²) in [6.45, 7) is 10.9. The van der Waals surface area contributed by atoms with Crippen LogP contribution < -0.4 is 10.2 Å². The maximum absolute atomic E-state index is 12.9. The molecule has 0 saturated carbocycles. The fourth-order valence-corrected chi connectivity index (χ4v) is 6.03. The number of carbonyl (C=O) groups excluding carboxylic acids is 3. The van der Waals surface area contributed by atoms with Crippen molar-refractivity contribution in [3.8, 4) is 0 Å². The van der Waals surface area contributed by atoms with Gasteiger partial charge in [0.25, 0.3) is 11.1 Å². The van der Waals surface area contributed by atoms with Crippen LogP contribution in [0.3, 0.4) is 0 Å². The smallest absolute Gasteiger partial charge is 0.294 e. The highest BCUT2D eigenvalue weighted by atomic mass is 32.2. The van der Waals surface area contributed by atoms with Crippen molar-refractivity contribution in [1.82, 2.24) is 4.90 Å². The molecular formula is C27H31N3O3S. The molecule has 0 radical (unpaired) electrons. The highest BCUT2D eigenvalue weighted by Crippen LogP contribution is 2.45. The van der Waals surface area contributed by atoms with Crippen molar-refractivity contribution in [3.05, 3.63) is 64.6 Å². The molecule has 0 unspecified atom stereocenters. The molecule has 34 heavy (non-hydrogen) atoms. The summed E-state index contributed by atoms with van der Waals surface area (Å²) in [6, 6.07) is 15.6. The SMILES string of the molecule is CC(C)N1c2ccc(/C=C3\SC(=O)N(CC(=O)Nc4ccccc4)C3=O)cc2[C@@H](C)CC1(C)C.